The second kappa shape index (κ2) is 12.8. The quantitative estimate of drug-likeness (QED) is 0.168. The molecule has 1 aliphatic heterocycles. The summed E-state index contributed by atoms with van der Waals surface area (Å²) < 4.78 is 10.8. The molecule has 6 rings (SSSR count). The molecular formula is C37H40N2O2. The van der Waals surface area contributed by atoms with E-state index in [9.17, 15) is 0 Å². The van der Waals surface area contributed by atoms with Gasteiger partial charge in [0.25, 0.3) is 0 Å². The Bertz CT molecular complexity index is 1470. The summed E-state index contributed by atoms with van der Waals surface area (Å²) in [4.78, 5) is 5.29. The van der Waals surface area contributed by atoms with E-state index in [0.29, 0.717) is 5.92 Å². The zero-order chi connectivity index (χ0) is 28.0. The van der Waals surface area contributed by atoms with Crippen LogP contribution in [-0.4, -0.2) is 56.7 Å². The van der Waals surface area contributed by atoms with Crippen molar-refractivity contribution in [2.24, 2.45) is 0 Å². The molecule has 0 bridgehead atoms. The number of hydrogen-bond donors (Lipinski definition) is 0. The summed E-state index contributed by atoms with van der Waals surface area (Å²) in [7, 11) is 3.44. The highest BCUT2D eigenvalue weighted by molar-refractivity contribution is 6.02. The van der Waals surface area contributed by atoms with Gasteiger partial charge in [0, 0.05) is 38.6 Å². The fraction of sp³-hybridized carbons (Fsp3) is 0.297. The lowest BCUT2D eigenvalue weighted by Gasteiger charge is -2.35. The third-order valence-electron chi connectivity index (χ3n) is 8.73. The van der Waals surface area contributed by atoms with E-state index in [1.807, 2.05) is 0 Å². The first-order valence-corrected chi connectivity index (χ1v) is 14.8. The SMILES string of the molecule is COc1ccc(C(CCCN2CCN(Cc3c4ccccc4cc4ccccc34)CC2)c2ccc(OC)cc2)cc1. The first-order chi connectivity index (χ1) is 20.2. The van der Waals surface area contributed by atoms with Crippen molar-refractivity contribution < 1.29 is 9.47 Å². The van der Waals surface area contributed by atoms with Crippen molar-refractivity contribution in [3.63, 3.8) is 0 Å². The minimum Gasteiger partial charge on any atom is -0.497 e. The van der Waals surface area contributed by atoms with Gasteiger partial charge in [0.15, 0.2) is 0 Å². The molecule has 5 aromatic rings. The van der Waals surface area contributed by atoms with Gasteiger partial charge in [-0.1, -0.05) is 72.8 Å². The fourth-order valence-electron chi connectivity index (χ4n) is 6.39. The lowest BCUT2D eigenvalue weighted by atomic mass is 9.87. The van der Waals surface area contributed by atoms with Crippen molar-refractivity contribution >= 4 is 21.5 Å². The summed E-state index contributed by atoms with van der Waals surface area (Å²) in [5, 5.41) is 5.44. The van der Waals surface area contributed by atoms with Crippen LogP contribution in [0.5, 0.6) is 11.5 Å². The van der Waals surface area contributed by atoms with Crippen LogP contribution in [0.4, 0.5) is 0 Å². The van der Waals surface area contributed by atoms with Gasteiger partial charge in [-0.15, -0.1) is 0 Å². The second-order valence-electron chi connectivity index (χ2n) is 11.2. The lowest BCUT2D eigenvalue weighted by Crippen LogP contribution is -2.46. The van der Waals surface area contributed by atoms with Gasteiger partial charge in [-0.3, -0.25) is 4.90 Å². The summed E-state index contributed by atoms with van der Waals surface area (Å²) in [5.41, 5.74) is 4.14. The number of benzene rings is 5. The highest BCUT2D eigenvalue weighted by Gasteiger charge is 2.20. The van der Waals surface area contributed by atoms with Crippen LogP contribution in [0.15, 0.2) is 103 Å². The zero-order valence-electron chi connectivity index (χ0n) is 24.3. The number of piperazine rings is 1. The molecule has 0 spiro atoms. The molecule has 5 aromatic carbocycles. The molecule has 0 radical (unpaired) electrons. The van der Waals surface area contributed by atoms with Crippen LogP contribution in [0.1, 0.15) is 35.4 Å². The summed E-state index contributed by atoms with van der Waals surface area (Å²) in [6, 6.07) is 37.2. The molecule has 0 aliphatic carbocycles. The minimum atomic E-state index is 0.354. The Morgan fingerprint density at radius 1 is 0.610 bits per heavy atom. The molecule has 0 N–H and O–H groups in total. The van der Waals surface area contributed by atoms with Gasteiger partial charge in [-0.05, 0) is 88.0 Å². The summed E-state index contributed by atoms with van der Waals surface area (Å²) >= 11 is 0. The molecule has 4 nitrogen and oxygen atoms in total. The first-order valence-electron chi connectivity index (χ1n) is 14.8. The van der Waals surface area contributed by atoms with Crippen LogP contribution in [0.3, 0.4) is 0 Å². The zero-order valence-corrected chi connectivity index (χ0v) is 24.3. The monoisotopic (exact) mass is 544 g/mol. The molecule has 0 amide bonds. The second-order valence-corrected chi connectivity index (χ2v) is 11.2. The number of nitrogens with zero attached hydrogens (tertiary/aromatic N) is 2. The Balaban J connectivity index is 1.08. The van der Waals surface area contributed by atoms with Crippen molar-refractivity contribution in [2.45, 2.75) is 25.3 Å². The number of hydrogen-bond acceptors (Lipinski definition) is 4. The van der Waals surface area contributed by atoms with E-state index in [2.05, 4.69) is 113 Å². The molecular weight excluding hydrogens is 504 g/mol. The lowest BCUT2D eigenvalue weighted by molar-refractivity contribution is 0.126. The molecule has 0 aromatic heterocycles. The first kappa shape index (κ1) is 27.3. The Labute approximate surface area is 244 Å². The van der Waals surface area contributed by atoms with Crippen molar-refractivity contribution in [3.8, 4) is 11.5 Å². The van der Waals surface area contributed by atoms with Gasteiger partial charge >= 0.3 is 0 Å². The minimum absolute atomic E-state index is 0.354. The smallest absolute Gasteiger partial charge is 0.118 e. The van der Waals surface area contributed by atoms with Crippen LogP contribution in [0.2, 0.25) is 0 Å². The highest BCUT2D eigenvalue weighted by Crippen LogP contribution is 2.32. The molecule has 0 saturated carbocycles. The normalized spacial score (nSPS) is 14.6. The molecule has 0 atom stereocenters. The van der Waals surface area contributed by atoms with Gasteiger partial charge < -0.3 is 14.4 Å². The van der Waals surface area contributed by atoms with Crippen molar-refractivity contribution in [1.82, 2.24) is 9.80 Å². The molecule has 41 heavy (non-hydrogen) atoms. The molecule has 1 fully saturated rings. The predicted molar refractivity (Wildman–Crippen MR) is 170 cm³/mol. The highest BCUT2D eigenvalue weighted by atomic mass is 16.5. The predicted octanol–water partition coefficient (Wildman–Crippen LogP) is 7.74. The third kappa shape index (κ3) is 6.24. The van der Waals surface area contributed by atoms with E-state index in [0.717, 1.165) is 63.6 Å². The Kier molecular flexibility index (Phi) is 8.50. The van der Waals surface area contributed by atoms with E-state index >= 15 is 0 Å². The van der Waals surface area contributed by atoms with Crippen LogP contribution in [-0.2, 0) is 6.54 Å². The van der Waals surface area contributed by atoms with Gasteiger partial charge in [0.2, 0.25) is 0 Å². The summed E-state index contributed by atoms with van der Waals surface area (Å²) in [5.74, 6) is 2.15. The number of fused-ring (bicyclic) bond motifs is 2. The molecule has 0 unspecified atom stereocenters. The Morgan fingerprint density at radius 3 is 1.61 bits per heavy atom. The number of methoxy groups -OCH3 is 2. The maximum Gasteiger partial charge on any atom is 0.118 e. The van der Waals surface area contributed by atoms with E-state index < -0.39 is 0 Å². The van der Waals surface area contributed by atoms with E-state index in [1.54, 1.807) is 14.2 Å². The summed E-state index contributed by atoms with van der Waals surface area (Å²) in [6.45, 7) is 6.60. The fourth-order valence-corrected chi connectivity index (χ4v) is 6.39. The van der Waals surface area contributed by atoms with Gasteiger partial charge in [-0.25, -0.2) is 0 Å². The van der Waals surface area contributed by atoms with Crippen molar-refractivity contribution in [1.29, 1.82) is 0 Å². The van der Waals surface area contributed by atoms with Crippen molar-refractivity contribution in [2.75, 3.05) is 46.9 Å². The maximum atomic E-state index is 5.41. The molecule has 210 valence electrons. The van der Waals surface area contributed by atoms with Crippen LogP contribution in [0, 0.1) is 0 Å². The third-order valence-corrected chi connectivity index (χ3v) is 8.73. The molecule has 1 heterocycles. The van der Waals surface area contributed by atoms with E-state index in [1.165, 1.54) is 38.2 Å². The Morgan fingerprint density at radius 2 is 1.10 bits per heavy atom. The van der Waals surface area contributed by atoms with Crippen molar-refractivity contribution in [3.05, 3.63) is 120 Å². The van der Waals surface area contributed by atoms with Gasteiger partial charge in [0.05, 0.1) is 14.2 Å². The summed E-state index contributed by atoms with van der Waals surface area (Å²) in [6.07, 6.45) is 2.28. The van der Waals surface area contributed by atoms with Crippen LogP contribution in [0.25, 0.3) is 21.5 Å². The molecule has 4 heteroatoms. The topological polar surface area (TPSA) is 24.9 Å². The van der Waals surface area contributed by atoms with Crippen LogP contribution >= 0.6 is 0 Å². The molecule has 1 saturated heterocycles. The average Bonchev–Trinajstić information content (AvgIpc) is 3.04. The Hall–Kier alpha value is -3.86. The standard InChI is InChI=1S/C37H40N2O2/c1-40-32-17-13-28(14-18-32)34(29-15-19-33(41-2)20-16-29)12-7-21-38-22-24-39(25-23-38)27-37-35-10-5-3-8-30(35)26-31-9-4-6-11-36(31)37/h3-6,8-11,13-20,26,34H,7,12,21-25,27H2,1-2H3. The molecule has 1 aliphatic rings. The van der Waals surface area contributed by atoms with E-state index in [4.69, 9.17) is 9.47 Å². The van der Waals surface area contributed by atoms with E-state index in [-0.39, 0.29) is 0 Å². The largest absolute Gasteiger partial charge is 0.497 e. The average molecular weight is 545 g/mol. The maximum absolute atomic E-state index is 5.41. The van der Waals surface area contributed by atoms with Gasteiger partial charge in [-0.2, -0.15) is 0 Å². The number of rotatable bonds is 10. The van der Waals surface area contributed by atoms with Crippen LogP contribution < -0.4 is 9.47 Å². The van der Waals surface area contributed by atoms with Gasteiger partial charge in [0.1, 0.15) is 11.5 Å². The number of ether oxygens (including phenoxy) is 2.